The summed E-state index contributed by atoms with van der Waals surface area (Å²) in [5.41, 5.74) is 0.426. The van der Waals surface area contributed by atoms with E-state index in [2.05, 4.69) is 5.32 Å². The van der Waals surface area contributed by atoms with Gasteiger partial charge in [0.2, 0.25) is 11.8 Å². The molecule has 1 aromatic carbocycles. The Morgan fingerprint density at radius 2 is 1.90 bits per heavy atom. The molecule has 158 valence electrons. The second kappa shape index (κ2) is 9.29. The van der Waals surface area contributed by atoms with E-state index in [4.69, 9.17) is 9.47 Å². The van der Waals surface area contributed by atoms with Gasteiger partial charge in [0, 0.05) is 32.0 Å². The molecule has 0 aliphatic carbocycles. The Hall–Kier alpha value is -2.57. The van der Waals surface area contributed by atoms with Crippen molar-refractivity contribution < 1.29 is 23.9 Å². The molecule has 29 heavy (non-hydrogen) atoms. The first-order chi connectivity index (χ1) is 14.0. The summed E-state index contributed by atoms with van der Waals surface area (Å²) < 4.78 is 10.6. The van der Waals surface area contributed by atoms with Crippen LogP contribution in [0, 0.1) is 5.41 Å². The van der Waals surface area contributed by atoms with Gasteiger partial charge < -0.3 is 19.7 Å². The third kappa shape index (κ3) is 5.08. The van der Waals surface area contributed by atoms with Gasteiger partial charge in [-0.1, -0.05) is 12.1 Å². The molecule has 0 saturated carbocycles. The van der Waals surface area contributed by atoms with Gasteiger partial charge in [-0.15, -0.1) is 0 Å². The normalized spacial score (nSPS) is 20.8. The van der Waals surface area contributed by atoms with Crippen LogP contribution < -0.4 is 10.1 Å². The molecule has 0 bridgehead atoms. The van der Waals surface area contributed by atoms with E-state index in [-0.39, 0.29) is 23.8 Å². The van der Waals surface area contributed by atoms with Crippen molar-refractivity contribution >= 4 is 17.8 Å². The molecule has 2 amide bonds. The van der Waals surface area contributed by atoms with E-state index in [9.17, 15) is 14.4 Å². The Kier molecular flexibility index (Phi) is 6.77. The number of ether oxygens (including phenoxy) is 2. The third-order valence-corrected chi connectivity index (χ3v) is 5.99. The monoisotopic (exact) mass is 402 g/mol. The molecule has 0 aromatic heterocycles. The van der Waals surface area contributed by atoms with Crippen LogP contribution in [0.15, 0.2) is 24.3 Å². The molecule has 2 aliphatic rings. The molecule has 0 unspecified atom stereocenters. The fourth-order valence-corrected chi connectivity index (χ4v) is 4.23. The summed E-state index contributed by atoms with van der Waals surface area (Å²) in [6.07, 6.45) is 3.25. The molecule has 1 aromatic rings. The second-order valence-corrected chi connectivity index (χ2v) is 7.91. The van der Waals surface area contributed by atoms with E-state index in [1.54, 1.807) is 7.11 Å². The van der Waals surface area contributed by atoms with Crippen LogP contribution in [0.3, 0.4) is 0 Å². The highest BCUT2D eigenvalue weighted by molar-refractivity contribution is 5.82. The smallest absolute Gasteiger partial charge is 0.312 e. The largest absolute Gasteiger partial charge is 0.497 e. The number of nitrogens with zero attached hydrogens (tertiary/aromatic N) is 1. The van der Waals surface area contributed by atoms with Gasteiger partial charge in [0.15, 0.2) is 0 Å². The zero-order valence-electron chi connectivity index (χ0n) is 17.2. The summed E-state index contributed by atoms with van der Waals surface area (Å²) in [5.74, 6) is 0.644. The first-order valence-corrected chi connectivity index (χ1v) is 10.3. The number of carbonyl (C=O) groups excluding carboxylic acids is 3. The molecule has 3 rings (SSSR count). The van der Waals surface area contributed by atoms with Crippen molar-refractivity contribution in [2.75, 3.05) is 26.8 Å². The van der Waals surface area contributed by atoms with Gasteiger partial charge in [0.25, 0.3) is 0 Å². The number of carbonyl (C=O) groups is 3. The predicted molar refractivity (Wildman–Crippen MR) is 107 cm³/mol. The van der Waals surface area contributed by atoms with Crippen LogP contribution in [-0.4, -0.2) is 55.5 Å². The minimum absolute atomic E-state index is 0.0160. The minimum atomic E-state index is -0.622. The summed E-state index contributed by atoms with van der Waals surface area (Å²) >= 11 is 0. The van der Waals surface area contributed by atoms with Gasteiger partial charge in [0.1, 0.15) is 5.75 Å². The van der Waals surface area contributed by atoms with Crippen molar-refractivity contribution in [3.05, 3.63) is 29.8 Å². The lowest BCUT2D eigenvalue weighted by atomic mass is 9.73. The van der Waals surface area contributed by atoms with Crippen molar-refractivity contribution in [2.45, 2.75) is 51.5 Å². The van der Waals surface area contributed by atoms with E-state index < -0.39 is 5.41 Å². The Morgan fingerprint density at radius 3 is 2.45 bits per heavy atom. The van der Waals surface area contributed by atoms with Crippen LogP contribution >= 0.6 is 0 Å². The first kappa shape index (κ1) is 21.1. The van der Waals surface area contributed by atoms with E-state index in [1.807, 2.05) is 36.1 Å². The number of methoxy groups -OCH3 is 1. The molecule has 7 nitrogen and oxygen atoms in total. The molecule has 2 aliphatic heterocycles. The number of esters is 1. The number of hydrogen-bond acceptors (Lipinski definition) is 5. The van der Waals surface area contributed by atoms with E-state index >= 15 is 0 Å². The lowest BCUT2D eigenvalue weighted by molar-refractivity contribution is -0.160. The number of piperidine rings is 1. The Labute approximate surface area is 171 Å². The van der Waals surface area contributed by atoms with E-state index in [0.29, 0.717) is 58.2 Å². The minimum Gasteiger partial charge on any atom is -0.497 e. The highest BCUT2D eigenvalue weighted by Crippen LogP contribution is 2.37. The van der Waals surface area contributed by atoms with Gasteiger partial charge in [-0.25, -0.2) is 0 Å². The van der Waals surface area contributed by atoms with Gasteiger partial charge in [0.05, 0.1) is 19.1 Å². The molecular weight excluding hydrogens is 372 g/mol. The number of benzene rings is 1. The fraction of sp³-hybridized carbons (Fsp3) is 0.591. The highest BCUT2D eigenvalue weighted by Gasteiger charge is 2.43. The Morgan fingerprint density at radius 1 is 1.21 bits per heavy atom. The molecule has 0 spiro atoms. The summed E-state index contributed by atoms with van der Waals surface area (Å²) in [6.45, 7) is 3.20. The molecule has 7 heteroatoms. The van der Waals surface area contributed by atoms with Crippen LogP contribution in [0.5, 0.6) is 5.75 Å². The molecule has 1 atom stereocenters. The summed E-state index contributed by atoms with van der Waals surface area (Å²) in [5, 5.41) is 2.85. The zero-order valence-corrected chi connectivity index (χ0v) is 17.2. The van der Waals surface area contributed by atoms with Crippen LogP contribution in [0.25, 0.3) is 0 Å². The van der Waals surface area contributed by atoms with Gasteiger partial charge in [-0.2, -0.15) is 0 Å². The summed E-state index contributed by atoms with van der Waals surface area (Å²) in [7, 11) is 1.62. The Bertz CT molecular complexity index is 738. The topological polar surface area (TPSA) is 84.9 Å². The van der Waals surface area contributed by atoms with Gasteiger partial charge >= 0.3 is 5.97 Å². The van der Waals surface area contributed by atoms with Crippen molar-refractivity contribution in [1.82, 2.24) is 10.2 Å². The lowest BCUT2D eigenvalue weighted by Gasteiger charge is -2.40. The standard InChI is InChI=1S/C22H30N2O5/c1-3-29-21(27)22(15-16-4-7-18(28-2)8-5-16)10-12-24(13-11-22)20(26)14-17-6-9-19(25)23-17/h4-5,7-8,17H,3,6,9-15H2,1-2H3,(H,23,25)/t17-/m1/s1. The molecule has 2 heterocycles. The number of nitrogens with one attached hydrogen (secondary N) is 1. The third-order valence-electron chi connectivity index (χ3n) is 5.99. The van der Waals surface area contributed by atoms with Gasteiger partial charge in [-0.05, 0) is 50.3 Å². The van der Waals surface area contributed by atoms with Crippen molar-refractivity contribution in [2.24, 2.45) is 5.41 Å². The summed E-state index contributed by atoms with van der Waals surface area (Å²) in [6, 6.07) is 7.66. The van der Waals surface area contributed by atoms with Crippen LogP contribution in [0.4, 0.5) is 0 Å². The van der Waals surface area contributed by atoms with Gasteiger partial charge in [-0.3, -0.25) is 14.4 Å². The SMILES string of the molecule is CCOC(=O)C1(Cc2ccc(OC)cc2)CCN(C(=O)C[C@H]2CCC(=O)N2)CC1. The number of rotatable bonds is 7. The maximum absolute atomic E-state index is 12.8. The predicted octanol–water partition coefficient (Wildman–Crippen LogP) is 2.08. The Balaban J connectivity index is 1.64. The lowest BCUT2D eigenvalue weighted by Crippen LogP contribution is -2.49. The average Bonchev–Trinajstić information content (AvgIpc) is 3.13. The van der Waals surface area contributed by atoms with Crippen LogP contribution in [0.2, 0.25) is 0 Å². The molecule has 0 radical (unpaired) electrons. The molecule has 2 fully saturated rings. The molecule has 2 saturated heterocycles. The highest BCUT2D eigenvalue weighted by atomic mass is 16.5. The van der Waals surface area contributed by atoms with Crippen molar-refractivity contribution in [1.29, 1.82) is 0 Å². The van der Waals surface area contributed by atoms with Crippen molar-refractivity contribution in [3.63, 3.8) is 0 Å². The summed E-state index contributed by atoms with van der Waals surface area (Å²) in [4.78, 5) is 38.6. The average molecular weight is 402 g/mol. The number of likely N-dealkylation sites (tertiary alicyclic amines) is 1. The van der Waals surface area contributed by atoms with E-state index in [1.165, 1.54) is 0 Å². The molecular formula is C22H30N2O5. The van der Waals surface area contributed by atoms with Crippen molar-refractivity contribution in [3.8, 4) is 5.75 Å². The second-order valence-electron chi connectivity index (χ2n) is 7.91. The maximum atomic E-state index is 12.8. The number of hydrogen-bond donors (Lipinski definition) is 1. The molecule has 1 N–H and O–H groups in total. The van der Waals surface area contributed by atoms with E-state index in [0.717, 1.165) is 11.3 Å². The number of amides is 2. The quantitative estimate of drug-likeness (QED) is 0.706. The van der Waals surface area contributed by atoms with Crippen LogP contribution in [-0.2, 0) is 25.5 Å². The van der Waals surface area contributed by atoms with Crippen LogP contribution in [0.1, 0.15) is 44.6 Å². The fourth-order valence-electron chi connectivity index (χ4n) is 4.23. The maximum Gasteiger partial charge on any atom is 0.312 e. The first-order valence-electron chi connectivity index (χ1n) is 10.3. The zero-order chi connectivity index (χ0) is 20.9.